The number of rotatable bonds is 6. The zero-order valence-electron chi connectivity index (χ0n) is 11.7. The van der Waals surface area contributed by atoms with Crippen LogP contribution in [0, 0.1) is 23.7 Å². The van der Waals surface area contributed by atoms with Crippen molar-refractivity contribution in [3.63, 3.8) is 0 Å². The Morgan fingerprint density at radius 1 is 1.30 bits per heavy atom. The Balaban J connectivity index is 1.47. The summed E-state index contributed by atoms with van der Waals surface area (Å²) in [5.41, 5.74) is 0. The van der Waals surface area contributed by atoms with Gasteiger partial charge in [0.05, 0.1) is 0 Å². The van der Waals surface area contributed by atoms with E-state index >= 15 is 0 Å². The van der Waals surface area contributed by atoms with E-state index in [1.54, 1.807) is 11.8 Å². The van der Waals surface area contributed by atoms with E-state index in [0.29, 0.717) is 24.3 Å². The molecule has 5 nitrogen and oxygen atoms in total. The molecule has 3 saturated carbocycles. The molecule has 0 heterocycles. The van der Waals surface area contributed by atoms with Crippen molar-refractivity contribution in [3.8, 4) is 0 Å². The van der Waals surface area contributed by atoms with Crippen molar-refractivity contribution in [2.45, 2.75) is 37.8 Å². The topological polar surface area (TPSA) is 78.4 Å². The van der Waals surface area contributed by atoms with Crippen molar-refractivity contribution in [1.82, 2.24) is 10.6 Å². The zero-order chi connectivity index (χ0) is 14.3. The summed E-state index contributed by atoms with van der Waals surface area (Å²) in [6.07, 6.45) is 6.38. The molecule has 2 bridgehead atoms. The largest absolute Gasteiger partial charge is 0.480 e. The lowest BCUT2D eigenvalue weighted by atomic mass is 10.0. The minimum Gasteiger partial charge on any atom is -0.480 e. The Bertz CT molecular complexity index is 401. The van der Waals surface area contributed by atoms with E-state index in [4.69, 9.17) is 5.11 Å². The first kappa shape index (κ1) is 14.0. The monoisotopic (exact) mass is 298 g/mol. The minimum atomic E-state index is -0.953. The van der Waals surface area contributed by atoms with Crippen LogP contribution in [-0.2, 0) is 4.79 Å². The maximum Gasteiger partial charge on any atom is 0.326 e. The summed E-state index contributed by atoms with van der Waals surface area (Å²) in [6, 6.07) is -0.786. The van der Waals surface area contributed by atoms with Crippen LogP contribution in [0.4, 0.5) is 4.79 Å². The number of aliphatic carboxylic acids is 1. The van der Waals surface area contributed by atoms with Gasteiger partial charge in [-0.1, -0.05) is 0 Å². The van der Waals surface area contributed by atoms with E-state index < -0.39 is 12.0 Å². The number of urea groups is 1. The molecule has 20 heavy (non-hydrogen) atoms. The lowest BCUT2D eigenvalue weighted by molar-refractivity contribution is -0.139. The molecule has 6 heteroatoms. The maximum absolute atomic E-state index is 11.9. The van der Waals surface area contributed by atoms with Gasteiger partial charge in [0.1, 0.15) is 6.04 Å². The molecular formula is C14H22N2O3S. The smallest absolute Gasteiger partial charge is 0.326 e. The van der Waals surface area contributed by atoms with Gasteiger partial charge in [-0.05, 0) is 61.4 Å². The maximum atomic E-state index is 11.9. The molecule has 4 unspecified atom stereocenters. The summed E-state index contributed by atoms with van der Waals surface area (Å²) in [5, 5.41) is 14.7. The Morgan fingerprint density at radius 3 is 2.50 bits per heavy atom. The zero-order valence-corrected chi connectivity index (χ0v) is 12.5. The lowest BCUT2D eigenvalue weighted by Gasteiger charge is -2.16. The van der Waals surface area contributed by atoms with Crippen LogP contribution in [0.5, 0.6) is 0 Å². The fourth-order valence-corrected chi connectivity index (χ4v) is 4.83. The molecule has 112 valence electrons. The van der Waals surface area contributed by atoms with Gasteiger partial charge < -0.3 is 15.7 Å². The third-order valence-corrected chi connectivity index (χ3v) is 5.89. The van der Waals surface area contributed by atoms with Crippen molar-refractivity contribution in [3.05, 3.63) is 0 Å². The molecule has 3 fully saturated rings. The Hall–Kier alpha value is -0.910. The number of hydrogen-bond donors (Lipinski definition) is 3. The number of hydrogen-bond acceptors (Lipinski definition) is 3. The van der Waals surface area contributed by atoms with Crippen LogP contribution in [0.3, 0.4) is 0 Å². The van der Waals surface area contributed by atoms with Gasteiger partial charge in [0, 0.05) is 6.04 Å². The van der Waals surface area contributed by atoms with Gasteiger partial charge in [-0.2, -0.15) is 11.8 Å². The number of nitrogens with one attached hydrogen (secondary N) is 2. The first-order valence-electron chi connectivity index (χ1n) is 7.40. The second kappa shape index (κ2) is 5.47. The molecule has 0 aliphatic heterocycles. The number of amides is 2. The highest BCUT2D eigenvalue weighted by molar-refractivity contribution is 7.98. The molecule has 0 aromatic heterocycles. The van der Waals surface area contributed by atoms with Gasteiger partial charge in [-0.25, -0.2) is 9.59 Å². The SMILES string of the molecule is CSCC[C@@H](NC(=O)NC1C2C3CCC(C3)C12)C(=O)O. The van der Waals surface area contributed by atoms with Crippen LogP contribution in [-0.4, -0.2) is 41.2 Å². The fourth-order valence-electron chi connectivity index (χ4n) is 4.36. The van der Waals surface area contributed by atoms with Crippen LogP contribution in [0.15, 0.2) is 0 Å². The average molecular weight is 298 g/mol. The number of thioether (sulfide) groups is 1. The molecule has 5 atom stereocenters. The Labute approximate surface area is 123 Å². The van der Waals surface area contributed by atoms with Crippen LogP contribution in [0.2, 0.25) is 0 Å². The van der Waals surface area contributed by atoms with E-state index in [-0.39, 0.29) is 6.03 Å². The van der Waals surface area contributed by atoms with E-state index in [2.05, 4.69) is 10.6 Å². The highest BCUT2D eigenvalue weighted by Crippen LogP contribution is 2.65. The van der Waals surface area contributed by atoms with Gasteiger partial charge in [-0.15, -0.1) is 0 Å². The molecule has 0 saturated heterocycles. The van der Waals surface area contributed by atoms with Crippen molar-refractivity contribution in [1.29, 1.82) is 0 Å². The molecular weight excluding hydrogens is 276 g/mol. The quantitative estimate of drug-likeness (QED) is 0.695. The molecule has 0 aromatic carbocycles. The number of fused-ring (bicyclic) bond motifs is 5. The number of carboxylic acid groups (broad SMARTS) is 1. The molecule has 3 N–H and O–H groups in total. The lowest BCUT2D eigenvalue weighted by Crippen LogP contribution is -2.47. The highest BCUT2D eigenvalue weighted by atomic mass is 32.2. The van der Waals surface area contributed by atoms with Gasteiger partial charge in [0.15, 0.2) is 0 Å². The van der Waals surface area contributed by atoms with Gasteiger partial charge in [0.2, 0.25) is 0 Å². The summed E-state index contributed by atoms with van der Waals surface area (Å²) < 4.78 is 0. The number of carboxylic acids is 1. The standard InChI is InChI=1S/C14H22N2O3S/c1-20-5-4-9(13(17)18)15-14(19)16-12-10-7-2-3-8(6-7)11(10)12/h7-12H,2-6H2,1H3,(H,17,18)(H2,15,16,19)/t7?,8?,9-,10?,11?,12?/m1/s1. The molecule has 0 spiro atoms. The molecule has 2 amide bonds. The first-order valence-corrected chi connectivity index (χ1v) is 8.80. The molecule has 3 rings (SSSR count). The van der Waals surface area contributed by atoms with Crippen molar-refractivity contribution >= 4 is 23.8 Å². The summed E-state index contributed by atoms with van der Waals surface area (Å²) >= 11 is 1.59. The molecule has 0 aromatic rings. The normalized spacial score (nSPS) is 38.1. The van der Waals surface area contributed by atoms with Crippen molar-refractivity contribution in [2.75, 3.05) is 12.0 Å². The van der Waals surface area contributed by atoms with E-state index in [9.17, 15) is 9.59 Å². The second-order valence-electron chi connectivity index (χ2n) is 6.30. The third kappa shape index (κ3) is 2.50. The second-order valence-corrected chi connectivity index (χ2v) is 7.29. The van der Waals surface area contributed by atoms with E-state index in [0.717, 1.165) is 17.6 Å². The van der Waals surface area contributed by atoms with E-state index in [1.165, 1.54) is 19.3 Å². The van der Waals surface area contributed by atoms with Crippen LogP contribution in [0.25, 0.3) is 0 Å². The Morgan fingerprint density at radius 2 is 1.95 bits per heavy atom. The predicted molar refractivity (Wildman–Crippen MR) is 77.7 cm³/mol. The van der Waals surface area contributed by atoms with E-state index in [1.807, 2.05) is 6.26 Å². The van der Waals surface area contributed by atoms with Crippen molar-refractivity contribution in [2.24, 2.45) is 23.7 Å². The van der Waals surface area contributed by atoms with Crippen LogP contribution >= 0.6 is 11.8 Å². The fraction of sp³-hybridized carbons (Fsp3) is 0.857. The molecule has 0 radical (unpaired) electrons. The van der Waals surface area contributed by atoms with Gasteiger partial charge in [0.25, 0.3) is 0 Å². The summed E-state index contributed by atoms with van der Waals surface area (Å²) in [5.74, 6) is 2.74. The number of carbonyl (C=O) groups is 2. The predicted octanol–water partition coefficient (Wildman–Crippen LogP) is 1.54. The summed E-state index contributed by atoms with van der Waals surface area (Å²) in [7, 11) is 0. The van der Waals surface area contributed by atoms with Gasteiger partial charge in [-0.3, -0.25) is 0 Å². The minimum absolute atomic E-state index is 0.302. The highest BCUT2D eigenvalue weighted by Gasteiger charge is 2.65. The third-order valence-electron chi connectivity index (χ3n) is 5.25. The summed E-state index contributed by atoms with van der Waals surface area (Å²) in [6.45, 7) is 0. The molecule has 3 aliphatic carbocycles. The van der Waals surface area contributed by atoms with Crippen molar-refractivity contribution < 1.29 is 14.7 Å². The first-order chi connectivity index (χ1) is 9.61. The average Bonchev–Trinajstić information content (AvgIpc) is 2.82. The number of carbonyl (C=O) groups excluding carboxylic acids is 1. The van der Waals surface area contributed by atoms with Crippen LogP contribution < -0.4 is 10.6 Å². The summed E-state index contributed by atoms with van der Waals surface area (Å²) in [4.78, 5) is 23.0. The van der Waals surface area contributed by atoms with Crippen LogP contribution in [0.1, 0.15) is 25.7 Å². The Kier molecular flexibility index (Phi) is 3.84. The van der Waals surface area contributed by atoms with Gasteiger partial charge >= 0.3 is 12.0 Å². The molecule has 3 aliphatic rings.